The minimum Gasteiger partial charge on any atom is -0.384 e. The molecule has 0 radical (unpaired) electrons. The number of pyridine rings is 1. The number of halogens is 2. The number of rotatable bonds is 8. The number of hydrogen-bond donors (Lipinski definition) is 2. The van der Waals surface area contributed by atoms with Gasteiger partial charge in [-0.3, -0.25) is 4.79 Å². The van der Waals surface area contributed by atoms with Crippen molar-refractivity contribution in [2.24, 2.45) is 5.92 Å². The summed E-state index contributed by atoms with van der Waals surface area (Å²) in [6, 6.07) is 8.96. The Balaban J connectivity index is 1.80. The number of aromatic nitrogens is 1. The zero-order valence-corrected chi connectivity index (χ0v) is 16.0. The molecule has 0 spiro atoms. The number of nitrogens with zero attached hydrogens (tertiary/aromatic N) is 1. The van der Waals surface area contributed by atoms with Crippen LogP contribution >= 0.6 is 23.2 Å². The molecule has 1 aromatic heterocycles. The first-order chi connectivity index (χ1) is 12.0. The minimum atomic E-state index is -0.196. The Bertz CT molecular complexity index is 702. The highest BCUT2D eigenvalue weighted by Crippen LogP contribution is 2.21. The Hall–Kier alpha value is -1.78. The van der Waals surface area contributed by atoms with Crippen molar-refractivity contribution in [1.29, 1.82) is 0 Å². The highest BCUT2D eigenvalue weighted by atomic mass is 35.5. The van der Waals surface area contributed by atoms with Crippen molar-refractivity contribution < 1.29 is 4.79 Å². The van der Waals surface area contributed by atoms with Crippen LogP contribution in [-0.2, 0) is 6.42 Å². The summed E-state index contributed by atoms with van der Waals surface area (Å²) in [6.45, 7) is 5.75. The maximum atomic E-state index is 12.1. The third-order valence-electron chi connectivity index (χ3n) is 3.74. The minimum absolute atomic E-state index is 0.196. The molecule has 0 unspecified atom stereocenters. The molecule has 0 fully saturated rings. The van der Waals surface area contributed by atoms with E-state index in [9.17, 15) is 4.79 Å². The lowest BCUT2D eigenvalue weighted by molar-refractivity contribution is 0.0949. The average molecular weight is 380 g/mol. The topological polar surface area (TPSA) is 54.0 Å². The van der Waals surface area contributed by atoms with Crippen molar-refractivity contribution >= 4 is 34.8 Å². The first-order valence-corrected chi connectivity index (χ1v) is 9.13. The van der Waals surface area contributed by atoms with Gasteiger partial charge in [-0.05, 0) is 48.6 Å². The van der Waals surface area contributed by atoms with E-state index in [1.807, 2.05) is 12.1 Å². The summed E-state index contributed by atoms with van der Waals surface area (Å²) in [5.41, 5.74) is 2.27. The van der Waals surface area contributed by atoms with Crippen LogP contribution in [0.5, 0.6) is 0 Å². The van der Waals surface area contributed by atoms with Gasteiger partial charge in [0.25, 0.3) is 5.91 Å². The summed E-state index contributed by atoms with van der Waals surface area (Å²) in [6.07, 6.45) is 3.41. The smallest absolute Gasteiger partial charge is 0.269 e. The van der Waals surface area contributed by atoms with Crippen LogP contribution in [0, 0.1) is 5.92 Å². The monoisotopic (exact) mass is 379 g/mol. The Morgan fingerprint density at radius 1 is 1.16 bits per heavy atom. The van der Waals surface area contributed by atoms with Gasteiger partial charge in [0, 0.05) is 23.1 Å². The number of carbonyl (C=O) groups is 1. The average Bonchev–Trinajstić information content (AvgIpc) is 2.57. The van der Waals surface area contributed by atoms with Gasteiger partial charge in [0.2, 0.25) is 0 Å². The molecule has 1 heterocycles. The standard InChI is InChI=1S/C19H23Cl2N3O/c1-13(2)7-9-22-16-5-6-18(24-12-16)19(25)23-10-8-14-3-4-15(20)11-17(14)21/h3-6,11-13,22H,7-10H2,1-2H3,(H,23,25). The SMILES string of the molecule is CC(C)CCNc1ccc(C(=O)NCCc2ccc(Cl)cc2Cl)nc1. The Labute approximate surface area is 158 Å². The molecular weight excluding hydrogens is 357 g/mol. The van der Waals surface area contributed by atoms with Crippen LogP contribution in [0.25, 0.3) is 0 Å². The van der Waals surface area contributed by atoms with E-state index < -0.39 is 0 Å². The van der Waals surface area contributed by atoms with Gasteiger partial charge < -0.3 is 10.6 Å². The molecule has 2 aromatic rings. The van der Waals surface area contributed by atoms with Crippen molar-refractivity contribution in [2.75, 3.05) is 18.4 Å². The van der Waals surface area contributed by atoms with E-state index in [-0.39, 0.29) is 5.91 Å². The molecule has 6 heteroatoms. The van der Waals surface area contributed by atoms with E-state index in [1.165, 1.54) is 0 Å². The van der Waals surface area contributed by atoms with Gasteiger partial charge in [-0.2, -0.15) is 0 Å². The maximum Gasteiger partial charge on any atom is 0.269 e. The summed E-state index contributed by atoms with van der Waals surface area (Å²) in [4.78, 5) is 16.4. The van der Waals surface area contributed by atoms with Gasteiger partial charge in [0.05, 0.1) is 11.9 Å². The van der Waals surface area contributed by atoms with E-state index in [0.717, 1.165) is 24.2 Å². The van der Waals surface area contributed by atoms with Crippen LogP contribution in [0.2, 0.25) is 10.0 Å². The Morgan fingerprint density at radius 2 is 1.96 bits per heavy atom. The van der Waals surface area contributed by atoms with Crippen LogP contribution in [0.4, 0.5) is 5.69 Å². The molecule has 0 saturated heterocycles. The second-order valence-corrected chi connectivity index (χ2v) is 7.13. The van der Waals surface area contributed by atoms with Gasteiger partial charge in [-0.1, -0.05) is 43.1 Å². The van der Waals surface area contributed by atoms with Crippen molar-refractivity contribution in [1.82, 2.24) is 10.3 Å². The van der Waals surface area contributed by atoms with Gasteiger partial charge in [0.1, 0.15) is 5.69 Å². The summed E-state index contributed by atoms with van der Waals surface area (Å²) in [7, 11) is 0. The molecule has 25 heavy (non-hydrogen) atoms. The second kappa shape index (κ2) is 9.64. The predicted octanol–water partition coefficient (Wildman–Crippen LogP) is 4.82. The molecule has 0 aliphatic rings. The Morgan fingerprint density at radius 3 is 2.60 bits per heavy atom. The van der Waals surface area contributed by atoms with Crippen LogP contribution in [0.15, 0.2) is 36.5 Å². The lowest BCUT2D eigenvalue weighted by Crippen LogP contribution is -2.26. The van der Waals surface area contributed by atoms with Crippen molar-refractivity contribution in [3.05, 3.63) is 57.8 Å². The van der Waals surface area contributed by atoms with E-state index in [4.69, 9.17) is 23.2 Å². The number of benzene rings is 1. The van der Waals surface area contributed by atoms with Crippen molar-refractivity contribution in [3.8, 4) is 0 Å². The highest BCUT2D eigenvalue weighted by Gasteiger charge is 2.08. The molecule has 0 atom stereocenters. The van der Waals surface area contributed by atoms with E-state index in [0.29, 0.717) is 34.6 Å². The van der Waals surface area contributed by atoms with E-state index >= 15 is 0 Å². The Kier molecular flexibility index (Phi) is 7.53. The summed E-state index contributed by atoms with van der Waals surface area (Å²) < 4.78 is 0. The van der Waals surface area contributed by atoms with Gasteiger partial charge >= 0.3 is 0 Å². The molecule has 0 bridgehead atoms. The molecule has 1 aromatic carbocycles. The third kappa shape index (κ3) is 6.56. The van der Waals surface area contributed by atoms with Crippen LogP contribution in [0.3, 0.4) is 0 Å². The maximum absolute atomic E-state index is 12.1. The third-order valence-corrected chi connectivity index (χ3v) is 4.33. The zero-order chi connectivity index (χ0) is 18.2. The van der Waals surface area contributed by atoms with E-state index in [2.05, 4.69) is 29.5 Å². The molecule has 2 N–H and O–H groups in total. The van der Waals surface area contributed by atoms with Gasteiger partial charge in [-0.15, -0.1) is 0 Å². The molecule has 0 saturated carbocycles. The van der Waals surface area contributed by atoms with Crippen LogP contribution in [-0.4, -0.2) is 24.0 Å². The number of anilines is 1. The van der Waals surface area contributed by atoms with Crippen LogP contribution in [0.1, 0.15) is 36.3 Å². The molecule has 134 valence electrons. The summed E-state index contributed by atoms with van der Waals surface area (Å²) in [5.74, 6) is 0.457. The van der Waals surface area contributed by atoms with Crippen molar-refractivity contribution in [3.63, 3.8) is 0 Å². The fraction of sp³-hybridized carbons (Fsp3) is 0.368. The normalized spacial score (nSPS) is 10.8. The van der Waals surface area contributed by atoms with Crippen LogP contribution < -0.4 is 10.6 Å². The first-order valence-electron chi connectivity index (χ1n) is 8.37. The fourth-order valence-electron chi connectivity index (χ4n) is 2.26. The molecule has 0 aliphatic heterocycles. The van der Waals surface area contributed by atoms with Crippen molar-refractivity contribution in [2.45, 2.75) is 26.7 Å². The second-order valence-electron chi connectivity index (χ2n) is 6.28. The lowest BCUT2D eigenvalue weighted by Gasteiger charge is -2.09. The largest absolute Gasteiger partial charge is 0.384 e. The van der Waals surface area contributed by atoms with Gasteiger partial charge in [-0.25, -0.2) is 4.98 Å². The predicted molar refractivity (Wildman–Crippen MR) is 105 cm³/mol. The number of nitrogens with one attached hydrogen (secondary N) is 2. The molecule has 0 aliphatic carbocycles. The molecular formula is C19H23Cl2N3O. The number of hydrogen-bond acceptors (Lipinski definition) is 3. The number of amides is 1. The summed E-state index contributed by atoms with van der Waals surface area (Å²) in [5, 5.41) is 7.36. The quantitative estimate of drug-likeness (QED) is 0.691. The zero-order valence-electron chi connectivity index (χ0n) is 14.5. The first kappa shape index (κ1) is 19.5. The fourth-order valence-corrected chi connectivity index (χ4v) is 2.77. The van der Waals surface area contributed by atoms with Gasteiger partial charge in [0.15, 0.2) is 0 Å². The highest BCUT2D eigenvalue weighted by molar-refractivity contribution is 6.35. The van der Waals surface area contributed by atoms with E-state index in [1.54, 1.807) is 24.4 Å². The number of carbonyl (C=O) groups excluding carboxylic acids is 1. The lowest BCUT2D eigenvalue weighted by atomic mass is 10.1. The summed E-state index contributed by atoms with van der Waals surface area (Å²) >= 11 is 12.0. The molecule has 1 amide bonds. The molecule has 2 rings (SSSR count). The molecule has 4 nitrogen and oxygen atoms in total.